The van der Waals surface area contributed by atoms with Crippen LogP contribution >= 0.6 is 22.6 Å². The second-order valence-electron chi connectivity index (χ2n) is 2.00. The normalized spacial score (nSPS) is 21.9. The average molecular weight is 211 g/mol. The first-order valence-electron chi connectivity index (χ1n) is 2.70. The van der Waals surface area contributed by atoms with Gasteiger partial charge >= 0.3 is 0 Å². The van der Waals surface area contributed by atoms with Gasteiger partial charge in [-0.1, -0.05) is 22.6 Å². The average Bonchev–Trinajstić information content (AvgIpc) is 1.55. The third kappa shape index (κ3) is 1.57. The molecular formula is C5H10IN. The van der Waals surface area contributed by atoms with Crippen LogP contribution in [0.1, 0.15) is 6.42 Å². The van der Waals surface area contributed by atoms with Gasteiger partial charge in [-0.05, 0) is 29.9 Å². The Labute approximate surface area is 58.0 Å². The van der Waals surface area contributed by atoms with Crippen LogP contribution in [0.3, 0.4) is 0 Å². The summed E-state index contributed by atoms with van der Waals surface area (Å²) in [4.78, 5) is 0. The fraction of sp³-hybridized carbons (Fsp3) is 1.00. The van der Waals surface area contributed by atoms with Crippen LogP contribution in [0.15, 0.2) is 0 Å². The number of hydrogen-bond acceptors (Lipinski definition) is 1. The van der Waals surface area contributed by atoms with Crippen LogP contribution < -0.4 is 5.32 Å². The molecule has 0 spiro atoms. The molecule has 7 heavy (non-hydrogen) atoms. The van der Waals surface area contributed by atoms with E-state index < -0.39 is 0 Å². The molecule has 1 fully saturated rings. The van der Waals surface area contributed by atoms with Gasteiger partial charge in [0.25, 0.3) is 0 Å². The van der Waals surface area contributed by atoms with Crippen molar-refractivity contribution in [1.82, 2.24) is 5.32 Å². The molecule has 1 nitrogen and oxygen atoms in total. The van der Waals surface area contributed by atoms with Crippen LogP contribution in [0.4, 0.5) is 0 Å². The molecule has 0 aromatic rings. The SMILES string of the molecule is ICCC1CNC1. The van der Waals surface area contributed by atoms with E-state index in [0.29, 0.717) is 0 Å². The van der Waals surface area contributed by atoms with Gasteiger partial charge in [-0.3, -0.25) is 0 Å². The van der Waals surface area contributed by atoms with Crippen molar-refractivity contribution in [2.75, 3.05) is 17.5 Å². The van der Waals surface area contributed by atoms with Gasteiger partial charge in [0.2, 0.25) is 0 Å². The maximum atomic E-state index is 3.24. The van der Waals surface area contributed by atoms with E-state index in [-0.39, 0.29) is 0 Å². The second kappa shape index (κ2) is 2.87. The van der Waals surface area contributed by atoms with Crippen molar-refractivity contribution in [1.29, 1.82) is 0 Å². The van der Waals surface area contributed by atoms with E-state index >= 15 is 0 Å². The van der Waals surface area contributed by atoms with Gasteiger partial charge in [-0.2, -0.15) is 0 Å². The van der Waals surface area contributed by atoms with Gasteiger partial charge in [0.05, 0.1) is 0 Å². The molecule has 0 radical (unpaired) electrons. The molecule has 0 aromatic heterocycles. The van der Waals surface area contributed by atoms with E-state index in [1.165, 1.54) is 23.9 Å². The lowest BCUT2D eigenvalue weighted by Gasteiger charge is -2.25. The second-order valence-corrected chi connectivity index (χ2v) is 3.08. The first-order valence-corrected chi connectivity index (χ1v) is 4.22. The van der Waals surface area contributed by atoms with Crippen molar-refractivity contribution in [3.8, 4) is 0 Å². The smallest absolute Gasteiger partial charge is 0.000114 e. The molecule has 1 heterocycles. The van der Waals surface area contributed by atoms with E-state index in [1.807, 2.05) is 0 Å². The minimum absolute atomic E-state index is 1.01. The molecule has 1 rings (SSSR count). The summed E-state index contributed by atoms with van der Waals surface area (Å²) in [6.45, 7) is 2.53. The summed E-state index contributed by atoms with van der Waals surface area (Å²) >= 11 is 2.43. The van der Waals surface area contributed by atoms with Crippen LogP contribution in [-0.4, -0.2) is 17.5 Å². The van der Waals surface area contributed by atoms with Crippen LogP contribution in [0, 0.1) is 5.92 Å². The number of rotatable bonds is 2. The number of nitrogens with one attached hydrogen (secondary N) is 1. The number of halogens is 1. The standard InChI is InChI=1S/C5H10IN/c6-2-1-5-3-7-4-5/h5,7H,1-4H2. The molecule has 0 amide bonds. The summed E-state index contributed by atoms with van der Waals surface area (Å²) in [5, 5.41) is 3.24. The molecule has 0 atom stereocenters. The lowest BCUT2D eigenvalue weighted by Crippen LogP contribution is -2.41. The van der Waals surface area contributed by atoms with E-state index in [0.717, 1.165) is 5.92 Å². The van der Waals surface area contributed by atoms with Gasteiger partial charge in [-0.15, -0.1) is 0 Å². The number of alkyl halides is 1. The monoisotopic (exact) mass is 211 g/mol. The highest BCUT2D eigenvalue weighted by Gasteiger charge is 2.14. The Morgan fingerprint density at radius 2 is 2.29 bits per heavy atom. The molecule has 1 saturated heterocycles. The molecule has 0 saturated carbocycles. The lowest BCUT2D eigenvalue weighted by atomic mass is 10.0. The molecule has 1 N–H and O–H groups in total. The summed E-state index contributed by atoms with van der Waals surface area (Å²) in [7, 11) is 0. The third-order valence-electron chi connectivity index (χ3n) is 1.38. The lowest BCUT2D eigenvalue weighted by molar-refractivity contribution is 0.342. The predicted octanol–water partition coefficient (Wildman–Crippen LogP) is 1.03. The first kappa shape index (κ1) is 5.82. The van der Waals surface area contributed by atoms with Crippen molar-refractivity contribution >= 4 is 22.6 Å². The maximum absolute atomic E-state index is 3.24. The van der Waals surface area contributed by atoms with Gasteiger partial charge in [-0.25, -0.2) is 0 Å². The topological polar surface area (TPSA) is 12.0 Å². The van der Waals surface area contributed by atoms with Crippen molar-refractivity contribution < 1.29 is 0 Å². The van der Waals surface area contributed by atoms with E-state index in [4.69, 9.17) is 0 Å². The Morgan fingerprint density at radius 3 is 2.43 bits per heavy atom. The van der Waals surface area contributed by atoms with E-state index in [2.05, 4.69) is 27.9 Å². The largest absolute Gasteiger partial charge is 0.316 e. The molecule has 0 unspecified atom stereocenters. The van der Waals surface area contributed by atoms with Crippen molar-refractivity contribution in [2.24, 2.45) is 5.92 Å². The summed E-state index contributed by atoms with van der Waals surface area (Å²) < 4.78 is 1.32. The highest BCUT2D eigenvalue weighted by Crippen LogP contribution is 2.08. The summed E-state index contributed by atoms with van der Waals surface area (Å²) in [6.07, 6.45) is 1.41. The molecular weight excluding hydrogens is 201 g/mol. The van der Waals surface area contributed by atoms with Crippen LogP contribution in [0.5, 0.6) is 0 Å². The molecule has 2 heteroatoms. The van der Waals surface area contributed by atoms with Crippen LogP contribution in [0.25, 0.3) is 0 Å². The summed E-state index contributed by atoms with van der Waals surface area (Å²) in [5.74, 6) is 1.01. The Morgan fingerprint density at radius 1 is 1.57 bits per heavy atom. The van der Waals surface area contributed by atoms with E-state index in [1.54, 1.807) is 0 Å². The Kier molecular flexibility index (Phi) is 2.38. The quantitative estimate of drug-likeness (QED) is 0.531. The molecule has 1 aliphatic rings. The van der Waals surface area contributed by atoms with Crippen molar-refractivity contribution in [3.05, 3.63) is 0 Å². The molecule has 42 valence electrons. The first-order chi connectivity index (χ1) is 3.43. The molecule has 0 aliphatic carbocycles. The molecule has 0 aromatic carbocycles. The zero-order chi connectivity index (χ0) is 5.11. The third-order valence-corrected chi connectivity index (χ3v) is 2.01. The van der Waals surface area contributed by atoms with Gasteiger partial charge in [0.15, 0.2) is 0 Å². The predicted molar refractivity (Wildman–Crippen MR) is 39.9 cm³/mol. The molecule has 1 aliphatic heterocycles. The highest BCUT2D eigenvalue weighted by atomic mass is 127. The Balaban J connectivity index is 1.93. The fourth-order valence-electron chi connectivity index (χ4n) is 0.707. The van der Waals surface area contributed by atoms with E-state index in [9.17, 15) is 0 Å². The molecule has 0 bridgehead atoms. The van der Waals surface area contributed by atoms with Gasteiger partial charge in [0.1, 0.15) is 0 Å². The zero-order valence-corrected chi connectivity index (χ0v) is 6.44. The Bertz CT molecular complexity index is 52.0. The summed E-state index contributed by atoms with van der Waals surface area (Å²) in [5.41, 5.74) is 0. The Hall–Kier alpha value is 0.690. The van der Waals surface area contributed by atoms with Crippen molar-refractivity contribution in [3.63, 3.8) is 0 Å². The maximum Gasteiger partial charge on any atom is -0.000114 e. The number of hydrogen-bond donors (Lipinski definition) is 1. The minimum Gasteiger partial charge on any atom is -0.316 e. The zero-order valence-electron chi connectivity index (χ0n) is 4.28. The van der Waals surface area contributed by atoms with Crippen LogP contribution in [0.2, 0.25) is 0 Å². The van der Waals surface area contributed by atoms with Gasteiger partial charge in [0, 0.05) is 0 Å². The minimum atomic E-state index is 1.01. The van der Waals surface area contributed by atoms with Crippen LogP contribution in [-0.2, 0) is 0 Å². The summed E-state index contributed by atoms with van der Waals surface area (Å²) in [6, 6.07) is 0. The van der Waals surface area contributed by atoms with Crippen molar-refractivity contribution in [2.45, 2.75) is 6.42 Å². The fourth-order valence-corrected chi connectivity index (χ4v) is 1.59. The van der Waals surface area contributed by atoms with Gasteiger partial charge < -0.3 is 5.32 Å². The highest BCUT2D eigenvalue weighted by molar-refractivity contribution is 14.1.